The van der Waals surface area contributed by atoms with Crippen LogP contribution in [0.4, 0.5) is 0 Å². The van der Waals surface area contributed by atoms with Crippen molar-refractivity contribution in [1.29, 1.82) is 0 Å². The molecule has 0 aromatic heterocycles. The third-order valence-electron chi connectivity index (χ3n) is 9.97. The van der Waals surface area contributed by atoms with E-state index in [0.717, 1.165) is 58.4 Å². The lowest BCUT2D eigenvalue weighted by atomic mass is 9.81. The average molecular weight is 579 g/mol. The van der Waals surface area contributed by atoms with Crippen LogP contribution in [0.1, 0.15) is 88.4 Å². The minimum absolute atomic E-state index is 0.460. The molecule has 0 bridgehead atoms. The zero-order valence-corrected chi connectivity index (χ0v) is 25.1. The number of carbonyl (C=O) groups excluding carboxylic acids is 2. The molecular formula is C37H42N2O4. The highest BCUT2D eigenvalue weighted by atomic mass is 16.3. The molecule has 4 aromatic carbocycles. The van der Waals surface area contributed by atoms with Crippen LogP contribution < -0.4 is 10.6 Å². The Kier molecular flexibility index (Phi) is 7.78. The van der Waals surface area contributed by atoms with Gasteiger partial charge in [-0.3, -0.25) is 9.59 Å². The molecule has 43 heavy (non-hydrogen) atoms. The number of nitrogens with one attached hydrogen (secondary N) is 2. The lowest BCUT2D eigenvalue weighted by Crippen LogP contribution is -2.55. The molecule has 0 heterocycles. The molecule has 2 aliphatic carbocycles. The molecule has 6 nitrogen and oxygen atoms in total. The average Bonchev–Trinajstić information content (AvgIpc) is 3.67. The van der Waals surface area contributed by atoms with E-state index in [-0.39, 0.29) is 0 Å². The van der Waals surface area contributed by atoms with Gasteiger partial charge in [0.15, 0.2) is 0 Å². The summed E-state index contributed by atoms with van der Waals surface area (Å²) in [5.41, 5.74) is -2.01. The van der Waals surface area contributed by atoms with Crippen molar-refractivity contribution in [1.82, 2.24) is 10.6 Å². The van der Waals surface area contributed by atoms with E-state index in [9.17, 15) is 19.8 Å². The Balaban J connectivity index is 1.32. The molecule has 224 valence electrons. The van der Waals surface area contributed by atoms with E-state index in [1.54, 1.807) is 13.8 Å². The minimum atomic E-state index is -1.48. The van der Waals surface area contributed by atoms with Crippen LogP contribution in [0.3, 0.4) is 0 Å². The van der Waals surface area contributed by atoms with Gasteiger partial charge in [-0.05, 0) is 72.2 Å². The van der Waals surface area contributed by atoms with Crippen molar-refractivity contribution >= 4 is 33.4 Å². The van der Waals surface area contributed by atoms with Crippen LogP contribution in [0.2, 0.25) is 0 Å². The van der Waals surface area contributed by atoms with Crippen LogP contribution in [0.5, 0.6) is 0 Å². The standard InChI is InChI=1S/C37H42N2O4/c1-35(2,33(40)38-31(36(42)21-7-8-22-36)29-19-11-15-25-13-3-5-17-27(25)29)34(41)39-32(37(43)23-9-10-24-37)30-20-12-16-26-14-4-6-18-28(26)30/h3-6,11-20,31-32,42-43H,7-10,21-24H2,1-2H3,(H,38,40)(H,39,41). The summed E-state index contributed by atoms with van der Waals surface area (Å²) in [6, 6.07) is 26.5. The Morgan fingerprint density at radius 1 is 0.605 bits per heavy atom. The first kappa shape index (κ1) is 29.3. The highest BCUT2D eigenvalue weighted by molar-refractivity contribution is 6.05. The molecule has 2 amide bonds. The second-order valence-corrected chi connectivity index (χ2v) is 13.2. The zero-order chi connectivity index (χ0) is 30.2. The van der Waals surface area contributed by atoms with Gasteiger partial charge in [0.25, 0.3) is 0 Å². The van der Waals surface area contributed by atoms with Crippen LogP contribution in [-0.4, -0.2) is 33.2 Å². The van der Waals surface area contributed by atoms with Crippen LogP contribution in [0.25, 0.3) is 21.5 Å². The van der Waals surface area contributed by atoms with E-state index < -0.39 is 40.5 Å². The number of fused-ring (bicyclic) bond motifs is 2. The van der Waals surface area contributed by atoms with E-state index in [2.05, 4.69) is 10.6 Å². The number of aliphatic hydroxyl groups is 2. The maximum atomic E-state index is 14.1. The second kappa shape index (κ2) is 11.4. The Bertz CT molecular complexity index is 1520. The molecule has 4 N–H and O–H groups in total. The zero-order valence-electron chi connectivity index (χ0n) is 25.1. The minimum Gasteiger partial charge on any atom is -0.387 e. The fraction of sp³-hybridized carbons (Fsp3) is 0.405. The Hall–Kier alpha value is -3.74. The summed E-state index contributed by atoms with van der Waals surface area (Å²) in [6.45, 7) is 3.24. The van der Waals surface area contributed by atoms with Crippen molar-refractivity contribution in [3.8, 4) is 0 Å². The maximum Gasteiger partial charge on any atom is 0.235 e. The Morgan fingerprint density at radius 2 is 0.953 bits per heavy atom. The van der Waals surface area contributed by atoms with E-state index in [1.807, 2.05) is 84.9 Å². The van der Waals surface area contributed by atoms with Crippen molar-refractivity contribution in [2.45, 2.75) is 88.5 Å². The lowest BCUT2D eigenvalue weighted by molar-refractivity contribution is -0.145. The normalized spacial score (nSPS) is 19.3. The number of hydrogen-bond donors (Lipinski definition) is 4. The number of amides is 2. The Labute approximate surface area is 253 Å². The fourth-order valence-corrected chi connectivity index (χ4v) is 7.29. The van der Waals surface area contributed by atoms with Crippen molar-refractivity contribution in [2.24, 2.45) is 5.41 Å². The van der Waals surface area contributed by atoms with Crippen LogP contribution in [-0.2, 0) is 9.59 Å². The number of rotatable bonds is 8. The summed E-state index contributed by atoms with van der Waals surface area (Å²) in [4.78, 5) is 28.2. The van der Waals surface area contributed by atoms with Gasteiger partial charge in [-0.25, -0.2) is 0 Å². The fourth-order valence-electron chi connectivity index (χ4n) is 7.29. The van der Waals surface area contributed by atoms with Gasteiger partial charge in [-0.15, -0.1) is 0 Å². The van der Waals surface area contributed by atoms with Crippen molar-refractivity contribution in [3.63, 3.8) is 0 Å². The SMILES string of the molecule is CC(C)(C(=O)NC(c1cccc2ccccc12)C1(O)CCCC1)C(=O)NC(c1cccc2ccccc12)C1(O)CCCC1. The summed E-state index contributed by atoms with van der Waals surface area (Å²) in [7, 11) is 0. The lowest BCUT2D eigenvalue weighted by Gasteiger charge is -2.38. The van der Waals surface area contributed by atoms with E-state index in [0.29, 0.717) is 25.7 Å². The molecular weight excluding hydrogens is 536 g/mol. The summed E-state index contributed by atoms with van der Waals surface area (Å²) in [5, 5.41) is 34.0. The third kappa shape index (κ3) is 5.43. The van der Waals surface area contributed by atoms with Crippen molar-refractivity contribution < 1.29 is 19.8 Å². The molecule has 0 aliphatic heterocycles. The predicted octanol–water partition coefficient (Wildman–Crippen LogP) is 6.64. The molecule has 0 spiro atoms. The monoisotopic (exact) mass is 578 g/mol. The number of hydrogen-bond acceptors (Lipinski definition) is 4. The number of benzene rings is 4. The van der Waals surface area contributed by atoms with Crippen LogP contribution in [0, 0.1) is 5.41 Å². The summed E-state index contributed by atoms with van der Waals surface area (Å²) in [5.74, 6) is -0.920. The molecule has 0 radical (unpaired) electrons. The molecule has 4 aromatic rings. The predicted molar refractivity (Wildman–Crippen MR) is 170 cm³/mol. The smallest absolute Gasteiger partial charge is 0.235 e. The maximum absolute atomic E-state index is 14.1. The molecule has 0 saturated heterocycles. The second-order valence-electron chi connectivity index (χ2n) is 13.2. The van der Waals surface area contributed by atoms with E-state index >= 15 is 0 Å². The molecule has 2 unspecified atom stereocenters. The number of carbonyl (C=O) groups is 2. The van der Waals surface area contributed by atoms with Gasteiger partial charge in [0.05, 0.1) is 23.3 Å². The summed E-state index contributed by atoms with van der Waals surface area (Å²) in [6.07, 6.45) is 5.80. The Morgan fingerprint density at radius 3 is 1.35 bits per heavy atom. The molecule has 6 heteroatoms. The first-order chi connectivity index (χ1) is 20.6. The molecule has 2 saturated carbocycles. The van der Waals surface area contributed by atoms with Gasteiger partial charge in [-0.2, -0.15) is 0 Å². The first-order valence-corrected chi connectivity index (χ1v) is 15.6. The summed E-state index contributed by atoms with van der Waals surface area (Å²) < 4.78 is 0. The highest BCUT2D eigenvalue weighted by Gasteiger charge is 2.48. The van der Waals surface area contributed by atoms with Gasteiger partial charge >= 0.3 is 0 Å². The van der Waals surface area contributed by atoms with Gasteiger partial charge in [0.1, 0.15) is 5.41 Å². The van der Waals surface area contributed by atoms with Crippen LogP contribution >= 0.6 is 0 Å². The first-order valence-electron chi connectivity index (χ1n) is 15.6. The highest BCUT2D eigenvalue weighted by Crippen LogP contribution is 2.44. The van der Waals surface area contributed by atoms with Gasteiger partial charge in [0, 0.05) is 0 Å². The topological polar surface area (TPSA) is 98.7 Å². The third-order valence-corrected chi connectivity index (χ3v) is 9.97. The van der Waals surface area contributed by atoms with Gasteiger partial charge < -0.3 is 20.8 Å². The molecule has 2 fully saturated rings. The summed E-state index contributed by atoms with van der Waals surface area (Å²) >= 11 is 0. The quantitative estimate of drug-likeness (QED) is 0.176. The molecule has 2 aliphatic rings. The van der Waals surface area contributed by atoms with Gasteiger partial charge in [-0.1, -0.05) is 111 Å². The van der Waals surface area contributed by atoms with E-state index in [4.69, 9.17) is 0 Å². The largest absolute Gasteiger partial charge is 0.387 e. The van der Waals surface area contributed by atoms with Crippen molar-refractivity contribution in [2.75, 3.05) is 0 Å². The van der Waals surface area contributed by atoms with Crippen LogP contribution in [0.15, 0.2) is 84.9 Å². The molecule has 2 atom stereocenters. The van der Waals surface area contributed by atoms with Gasteiger partial charge in [0.2, 0.25) is 11.8 Å². The van der Waals surface area contributed by atoms with Crippen molar-refractivity contribution in [3.05, 3.63) is 96.1 Å². The molecule has 6 rings (SSSR count). The van der Waals surface area contributed by atoms with E-state index in [1.165, 1.54) is 0 Å².